The van der Waals surface area contributed by atoms with Gasteiger partial charge >= 0.3 is 0 Å². The Morgan fingerprint density at radius 2 is 1.00 bits per heavy atom. The summed E-state index contributed by atoms with van der Waals surface area (Å²) in [6.45, 7) is 0. The molecule has 4 heterocycles. The average molecular weight is 639 g/mol. The number of nitrogens with zero attached hydrogens (tertiary/aromatic N) is 4. The Morgan fingerprint density at radius 3 is 1.83 bits per heavy atom. The summed E-state index contributed by atoms with van der Waals surface area (Å²) < 4.78 is 9.82. The van der Waals surface area contributed by atoms with Gasteiger partial charge in [-0.3, -0.25) is 0 Å². The fraction of sp³-hybridized carbons (Fsp3) is 0. The van der Waals surface area contributed by atoms with Crippen molar-refractivity contribution in [1.82, 2.24) is 19.9 Å². The molecular formula is C40H22N4OS2. The van der Waals surface area contributed by atoms with Crippen molar-refractivity contribution in [3.05, 3.63) is 133 Å². The van der Waals surface area contributed by atoms with Crippen molar-refractivity contribution in [1.29, 1.82) is 0 Å². The van der Waals surface area contributed by atoms with Gasteiger partial charge in [0, 0.05) is 53.2 Å². The van der Waals surface area contributed by atoms with Crippen LogP contribution in [0.15, 0.2) is 138 Å². The summed E-state index contributed by atoms with van der Waals surface area (Å²) >= 11 is 3.47. The summed E-state index contributed by atoms with van der Waals surface area (Å²) in [6.07, 6.45) is 0. The van der Waals surface area contributed by atoms with E-state index in [4.69, 9.17) is 24.4 Å². The van der Waals surface area contributed by atoms with Crippen LogP contribution in [0, 0.1) is 0 Å². The maximum Gasteiger partial charge on any atom is 0.164 e. The van der Waals surface area contributed by atoms with Gasteiger partial charge in [0.05, 0.1) is 10.2 Å². The van der Waals surface area contributed by atoms with Gasteiger partial charge in [0.2, 0.25) is 0 Å². The highest BCUT2D eigenvalue weighted by molar-refractivity contribution is 7.25. The van der Waals surface area contributed by atoms with E-state index in [0.717, 1.165) is 59.4 Å². The van der Waals surface area contributed by atoms with Crippen LogP contribution in [0.4, 0.5) is 0 Å². The van der Waals surface area contributed by atoms with Gasteiger partial charge in [0.15, 0.2) is 17.5 Å². The third kappa shape index (κ3) is 4.43. The van der Waals surface area contributed by atoms with Gasteiger partial charge in [-0.2, -0.15) is 0 Å². The van der Waals surface area contributed by atoms with Crippen LogP contribution in [-0.2, 0) is 0 Å². The van der Waals surface area contributed by atoms with E-state index >= 15 is 0 Å². The smallest absolute Gasteiger partial charge is 0.164 e. The van der Waals surface area contributed by atoms with Gasteiger partial charge < -0.3 is 4.42 Å². The number of para-hydroxylation sites is 1. The quantitative estimate of drug-likeness (QED) is 0.192. The Bertz CT molecular complexity index is 2680. The minimum atomic E-state index is 0.590. The molecule has 0 spiro atoms. The fourth-order valence-electron chi connectivity index (χ4n) is 6.26. The second kappa shape index (κ2) is 10.4. The van der Waals surface area contributed by atoms with E-state index in [1.807, 2.05) is 42.5 Å². The van der Waals surface area contributed by atoms with Crippen LogP contribution in [0.5, 0.6) is 0 Å². The molecule has 0 saturated carbocycles. The normalized spacial score (nSPS) is 11.8. The first-order chi connectivity index (χ1) is 23.2. The van der Waals surface area contributed by atoms with Crippen LogP contribution in [0.25, 0.3) is 97.1 Å². The number of hydrogen-bond donors (Lipinski definition) is 0. The third-order valence-corrected chi connectivity index (χ3v) is 10.8. The molecule has 10 aromatic rings. The molecule has 0 saturated heterocycles. The number of aromatic nitrogens is 4. The molecule has 10 rings (SSSR count). The fourth-order valence-corrected chi connectivity index (χ4v) is 8.36. The average Bonchev–Trinajstić information content (AvgIpc) is 3.84. The molecule has 47 heavy (non-hydrogen) atoms. The van der Waals surface area contributed by atoms with Crippen molar-refractivity contribution in [3.8, 4) is 44.7 Å². The van der Waals surface area contributed by atoms with Crippen molar-refractivity contribution in [2.75, 3.05) is 0 Å². The highest BCUT2D eigenvalue weighted by atomic mass is 32.1. The molecule has 0 fully saturated rings. The van der Waals surface area contributed by atoms with Crippen LogP contribution >= 0.6 is 22.7 Å². The summed E-state index contributed by atoms with van der Waals surface area (Å²) in [5.41, 5.74) is 6.39. The monoisotopic (exact) mass is 638 g/mol. The number of furan rings is 1. The molecule has 0 unspecified atom stereocenters. The lowest BCUT2D eigenvalue weighted by atomic mass is 10.1. The number of fused-ring (bicyclic) bond motifs is 7. The molecular weight excluding hydrogens is 617 g/mol. The first-order valence-electron chi connectivity index (χ1n) is 15.3. The van der Waals surface area contributed by atoms with E-state index in [9.17, 15) is 0 Å². The number of hydrogen-bond acceptors (Lipinski definition) is 7. The minimum absolute atomic E-state index is 0.590. The minimum Gasteiger partial charge on any atom is -0.456 e. The van der Waals surface area contributed by atoms with Crippen LogP contribution in [0.3, 0.4) is 0 Å². The summed E-state index contributed by atoms with van der Waals surface area (Å²) in [5.74, 6) is 1.81. The van der Waals surface area contributed by atoms with Crippen molar-refractivity contribution < 1.29 is 4.42 Å². The highest BCUT2D eigenvalue weighted by Crippen LogP contribution is 2.38. The zero-order chi connectivity index (χ0) is 30.9. The molecule has 5 nitrogen and oxygen atoms in total. The van der Waals surface area contributed by atoms with Gasteiger partial charge in [-0.05, 0) is 48.5 Å². The Morgan fingerprint density at radius 1 is 0.383 bits per heavy atom. The second-order valence-electron chi connectivity index (χ2n) is 11.5. The maximum absolute atomic E-state index is 6.23. The molecule has 7 heteroatoms. The molecule has 0 amide bonds. The molecule has 0 aliphatic rings. The van der Waals surface area contributed by atoms with Gasteiger partial charge in [-0.25, -0.2) is 19.9 Å². The second-order valence-corrected chi connectivity index (χ2v) is 13.6. The highest BCUT2D eigenvalue weighted by Gasteiger charge is 2.17. The number of thiazole rings is 1. The van der Waals surface area contributed by atoms with E-state index < -0.39 is 0 Å². The Balaban J connectivity index is 1.15. The number of benzene rings is 6. The Kier molecular flexibility index (Phi) is 5.85. The summed E-state index contributed by atoms with van der Waals surface area (Å²) in [4.78, 5) is 20.1. The van der Waals surface area contributed by atoms with E-state index in [1.54, 1.807) is 22.7 Å². The topological polar surface area (TPSA) is 64.7 Å². The van der Waals surface area contributed by atoms with Crippen molar-refractivity contribution in [3.63, 3.8) is 0 Å². The van der Waals surface area contributed by atoms with Crippen LogP contribution in [-0.4, -0.2) is 19.9 Å². The molecule has 0 radical (unpaired) electrons. The zero-order valence-corrected chi connectivity index (χ0v) is 26.3. The van der Waals surface area contributed by atoms with Crippen LogP contribution in [0.1, 0.15) is 0 Å². The molecule has 0 N–H and O–H groups in total. The number of thiophene rings is 1. The van der Waals surface area contributed by atoms with Crippen molar-refractivity contribution in [2.45, 2.75) is 0 Å². The van der Waals surface area contributed by atoms with Gasteiger partial charge in [-0.1, -0.05) is 84.9 Å². The van der Waals surface area contributed by atoms with E-state index in [0.29, 0.717) is 17.5 Å². The predicted octanol–water partition coefficient (Wildman–Crippen LogP) is 11.4. The molecule has 0 atom stereocenters. The first kappa shape index (κ1) is 26.5. The SMILES string of the molecule is c1ccc(-c2nc3cc(-c4nc(-c5ccc6c(c5)oc5ccccc56)nc(-c5ccc6c(c5)sc5ccccc56)n4)ccc3s2)cc1. The third-order valence-electron chi connectivity index (χ3n) is 8.58. The molecule has 0 aliphatic carbocycles. The van der Waals surface area contributed by atoms with Gasteiger partial charge in [0.1, 0.15) is 16.2 Å². The Labute approximate surface area is 276 Å². The van der Waals surface area contributed by atoms with Crippen molar-refractivity contribution in [2.24, 2.45) is 0 Å². The van der Waals surface area contributed by atoms with Crippen molar-refractivity contribution >= 4 is 75.0 Å². The van der Waals surface area contributed by atoms with Crippen LogP contribution < -0.4 is 0 Å². The lowest BCUT2D eigenvalue weighted by molar-refractivity contribution is 0.669. The van der Waals surface area contributed by atoms with E-state index in [2.05, 4.69) is 91.0 Å². The summed E-state index contributed by atoms with van der Waals surface area (Å²) in [7, 11) is 0. The maximum atomic E-state index is 6.23. The molecule has 0 aliphatic heterocycles. The summed E-state index contributed by atoms with van der Waals surface area (Å²) in [6, 6.07) is 45.9. The number of rotatable bonds is 4. The molecule has 6 aromatic carbocycles. The predicted molar refractivity (Wildman–Crippen MR) is 195 cm³/mol. The van der Waals surface area contributed by atoms with Gasteiger partial charge in [0.25, 0.3) is 0 Å². The Hall–Kier alpha value is -5.76. The largest absolute Gasteiger partial charge is 0.456 e. The molecule has 4 aromatic heterocycles. The zero-order valence-electron chi connectivity index (χ0n) is 24.7. The standard InChI is InChI=1S/C40H22N4OS2/c1-2-8-23(9-3-1)40-41-31-20-24(16-19-35(31)47-40)37-42-38(25-14-17-28-27-10-4-6-12-32(27)45-33(28)21-25)44-39(43-37)26-15-18-30-29-11-5-7-13-34(29)46-36(30)22-26/h1-22H. The summed E-state index contributed by atoms with van der Waals surface area (Å²) in [5, 5.41) is 5.65. The molecule has 0 bridgehead atoms. The van der Waals surface area contributed by atoms with Crippen LogP contribution in [0.2, 0.25) is 0 Å². The van der Waals surface area contributed by atoms with E-state index in [1.165, 1.54) is 20.2 Å². The van der Waals surface area contributed by atoms with E-state index in [-0.39, 0.29) is 0 Å². The first-order valence-corrected chi connectivity index (χ1v) is 16.9. The van der Waals surface area contributed by atoms with Gasteiger partial charge in [-0.15, -0.1) is 22.7 Å². The molecule has 220 valence electrons. The lowest BCUT2D eigenvalue weighted by Crippen LogP contribution is -2.00. The lowest BCUT2D eigenvalue weighted by Gasteiger charge is -2.09.